The lowest BCUT2D eigenvalue weighted by atomic mass is 10.1. The number of hydrogen-bond acceptors (Lipinski definition) is 7. The van der Waals surface area contributed by atoms with Crippen LogP contribution in [0.3, 0.4) is 0 Å². The number of anilines is 2. The summed E-state index contributed by atoms with van der Waals surface area (Å²) in [6, 6.07) is 15.3. The van der Waals surface area contributed by atoms with Gasteiger partial charge in [0.25, 0.3) is 5.91 Å². The zero-order chi connectivity index (χ0) is 22.3. The molecule has 7 nitrogen and oxygen atoms in total. The van der Waals surface area contributed by atoms with E-state index in [4.69, 9.17) is 4.74 Å². The molecule has 4 rings (SSSR count). The first-order valence-corrected chi connectivity index (χ1v) is 11.4. The number of amides is 1. The minimum Gasteiger partial charge on any atom is -0.465 e. The highest BCUT2D eigenvalue weighted by Crippen LogP contribution is 2.28. The van der Waals surface area contributed by atoms with Crippen LogP contribution in [-0.2, 0) is 11.2 Å². The fourth-order valence-corrected chi connectivity index (χ4v) is 4.58. The number of pyridine rings is 1. The van der Waals surface area contributed by atoms with Crippen molar-refractivity contribution in [2.45, 2.75) is 6.42 Å². The van der Waals surface area contributed by atoms with Crippen LogP contribution in [0.5, 0.6) is 0 Å². The molecule has 0 radical (unpaired) electrons. The number of nitrogens with one attached hydrogen (secondary N) is 1. The number of esters is 1. The van der Waals surface area contributed by atoms with Gasteiger partial charge < -0.3 is 15.0 Å². The highest BCUT2D eigenvalue weighted by Gasteiger charge is 2.21. The quantitative estimate of drug-likeness (QED) is 0.555. The van der Waals surface area contributed by atoms with Crippen LogP contribution in [0.4, 0.5) is 11.4 Å². The first kappa shape index (κ1) is 22.0. The second-order valence-electron chi connectivity index (χ2n) is 7.56. The van der Waals surface area contributed by atoms with E-state index in [1.165, 1.54) is 12.7 Å². The van der Waals surface area contributed by atoms with E-state index in [1.807, 2.05) is 36.7 Å². The monoisotopic (exact) mass is 450 g/mol. The van der Waals surface area contributed by atoms with Crippen molar-refractivity contribution >= 4 is 34.6 Å². The first-order chi connectivity index (χ1) is 15.6. The standard InChI is InChI=1S/C24H26N4O3S/c1-31-24(30)22-7-6-21(32-22)23(29)26-19-4-2-3-5-20(19)28-16-14-27(15-17-28)13-10-18-8-11-25-12-9-18/h2-9,11-12H,10,13-17H2,1H3,(H,26,29). The SMILES string of the molecule is COC(=O)c1ccc(C(=O)Nc2ccccc2N2CCN(CCc3ccncc3)CC2)s1. The number of para-hydroxylation sites is 2. The highest BCUT2D eigenvalue weighted by atomic mass is 32.1. The maximum Gasteiger partial charge on any atom is 0.348 e. The Bertz CT molecular complexity index is 1060. The van der Waals surface area contributed by atoms with Crippen molar-refractivity contribution in [2.75, 3.05) is 50.1 Å². The van der Waals surface area contributed by atoms with Gasteiger partial charge in [0.2, 0.25) is 0 Å². The van der Waals surface area contributed by atoms with Crippen LogP contribution in [-0.4, -0.2) is 61.6 Å². The first-order valence-electron chi connectivity index (χ1n) is 10.6. The van der Waals surface area contributed by atoms with Crippen molar-refractivity contribution in [3.05, 3.63) is 76.2 Å². The topological polar surface area (TPSA) is 74.8 Å². The summed E-state index contributed by atoms with van der Waals surface area (Å²) in [6.45, 7) is 4.77. The Labute approximate surface area is 191 Å². The zero-order valence-corrected chi connectivity index (χ0v) is 18.8. The molecular weight excluding hydrogens is 424 g/mol. The van der Waals surface area contributed by atoms with Crippen LogP contribution >= 0.6 is 11.3 Å². The van der Waals surface area contributed by atoms with Gasteiger partial charge in [-0.2, -0.15) is 0 Å². The van der Waals surface area contributed by atoms with Crippen LogP contribution in [0.25, 0.3) is 0 Å². The number of carbonyl (C=O) groups excluding carboxylic acids is 2. The van der Waals surface area contributed by atoms with Crippen molar-refractivity contribution in [1.82, 2.24) is 9.88 Å². The Morgan fingerprint density at radius 2 is 1.72 bits per heavy atom. The molecule has 0 atom stereocenters. The third-order valence-corrected chi connectivity index (χ3v) is 6.61. The van der Waals surface area contributed by atoms with Gasteiger partial charge >= 0.3 is 5.97 Å². The second-order valence-corrected chi connectivity index (χ2v) is 8.64. The smallest absolute Gasteiger partial charge is 0.348 e. The molecule has 2 aromatic heterocycles. The summed E-state index contributed by atoms with van der Waals surface area (Å²) in [6.07, 6.45) is 4.69. The molecule has 0 saturated carbocycles. The molecule has 1 N–H and O–H groups in total. The maximum absolute atomic E-state index is 12.8. The van der Waals surface area contributed by atoms with E-state index in [0.717, 1.165) is 61.9 Å². The second kappa shape index (κ2) is 10.4. The number of methoxy groups -OCH3 is 1. The molecule has 1 aliphatic heterocycles. The van der Waals surface area contributed by atoms with E-state index in [-0.39, 0.29) is 5.91 Å². The molecule has 0 bridgehead atoms. The average molecular weight is 451 g/mol. The predicted octanol–water partition coefficient (Wildman–Crippen LogP) is 3.55. The molecule has 1 amide bonds. The Kier molecular flexibility index (Phi) is 7.14. The third kappa shape index (κ3) is 5.33. The Morgan fingerprint density at radius 3 is 2.47 bits per heavy atom. The number of rotatable bonds is 7. The van der Waals surface area contributed by atoms with Crippen LogP contribution < -0.4 is 10.2 Å². The third-order valence-electron chi connectivity index (χ3n) is 5.55. The number of hydrogen-bond donors (Lipinski definition) is 1. The van der Waals surface area contributed by atoms with E-state index >= 15 is 0 Å². The normalized spacial score (nSPS) is 14.2. The van der Waals surface area contributed by atoms with E-state index in [9.17, 15) is 9.59 Å². The van der Waals surface area contributed by atoms with E-state index in [0.29, 0.717) is 9.75 Å². The van der Waals surface area contributed by atoms with Gasteiger partial charge in [-0.25, -0.2) is 4.79 Å². The van der Waals surface area contributed by atoms with Gasteiger partial charge in [-0.05, 0) is 48.4 Å². The summed E-state index contributed by atoms with van der Waals surface area (Å²) in [4.78, 5) is 34.2. The lowest BCUT2D eigenvalue weighted by molar-refractivity contribution is 0.0606. The van der Waals surface area contributed by atoms with Gasteiger partial charge in [-0.1, -0.05) is 12.1 Å². The van der Waals surface area contributed by atoms with Crippen molar-refractivity contribution in [2.24, 2.45) is 0 Å². The summed E-state index contributed by atoms with van der Waals surface area (Å²) in [5.41, 5.74) is 3.09. The Balaban J connectivity index is 1.36. The minimum atomic E-state index is -0.434. The molecule has 1 aromatic carbocycles. The number of piperazine rings is 1. The fourth-order valence-electron chi connectivity index (χ4n) is 3.76. The fraction of sp³-hybridized carbons (Fsp3) is 0.292. The maximum atomic E-state index is 12.8. The number of benzene rings is 1. The van der Waals surface area contributed by atoms with Gasteiger partial charge in [0.15, 0.2) is 0 Å². The summed E-state index contributed by atoms with van der Waals surface area (Å²) in [5.74, 6) is -0.662. The summed E-state index contributed by atoms with van der Waals surface area (Å²) in [5, 5.41) is 3.01. The number of thiophene rings is 1. The molecule has 3 aromatic rings. The number of carbonyl (C=O) groups is 2. The van der Waals surface area contributed by atoms with Crippen molar-refractivity contribution in [1.29, 1.82) is 0 Å². The zero-order valence-electron chi connectivity index (χ0n) is 18.0. The Morgan fingerprint density at radius 1 is 1.00 bits per heavy atom. The van der Waals surface area contributed by atoms with Crippen LogP contribution in [0.1, 0.15) is 24.9 Å². The molecule has 166 valence electrons. The van der Waals surface area contributed by atoms with Crippen molar-refractivity contribution in [3.63, 3.8) is 0 Å². The van der Waals surface area contributed by atoms with Gasteiger partial charge in [-0.15, -0.1) is 11.3 Å². The van der Waals surface area contributed by atoms with Crippen molar-refractivity contribution in [3.8, 4) is 0 Å². The van der Waals surface area contributed by atoms with E-state index in [2.05, 4.69) is 32.2 Å². The molecule has 0 unspecified atom stereocenters. The average Bonchev–Trinajstić information content (AvgIpc) is 3.34. The summed E-state index contributed by atoms with van der Waals surface area (Å²) in [7, 11) is 1.33. The lowest BCUT2D eigenvalue weighted by Gasteiger charge is -2.37. The van der Waals surface area contributed by atoms with Gasteiger partial charge in [0.05, 0.1) is 23.4 Å². The number of nitrogens with zero attached hydrogens (tertiary/aromatic N) is 3. The Hall–Kier alpha value is -3.23. The molecule has 0 spiro atoms. The van der Waals surface area contributed by atoms with E-state index < -0.39 is 5.97 Å². The van der Waals surface area contributed by atoms with Crippen molar-refractivity contribution < 1.29 is 14.3 Å². The largest absolute Gasteiger partial charge is 0.465 e. The number of ether oxygens (including phenoxy) is 1. The molecule has 8 heteroatoms. The molecule has 32 heavy (non-hydrogen) atoms. The lowest BCUT2D eigenvalue weighted by Crippen LogP contribution is -2.47. The molecule has 1 aliphatic rings. The summed E-state index contributed by atoms with van der Waals surface area (Å²) >= 11 is 1.13. The predicted molar refractivity (Wildman–Crippen MR) is 127 cm³/mol. The summed E-state index contributed by atoms with van der Waals surface area (Å²) < 4.78 is 4.72. The minimum absolute atomic E-state index is 0.228. The van der Waals surface area contributed by atoms with Crippen LogP contribution in [0.15, 0.2) is 60.9 Å². The molecule has 0 aliphatic carbocycles. The van der Waals surface area contributed by atoms with Crippen LogP contribution in [0.2, 0.25) is 0 Å². The molecule has 1 saturated heterocycles. The molecule has 3 heterocycles. The molecule has 1 fully saturated rings. The molecular formula is C24H26N4O3S. The van der Waals surface area contributed by atoms with Gasteiger partial charge in [-0.3, -0.25) is 14.7 Å². The van der Waals surface area contributed by atoms with Gasteiger partial charge in [0.1, 0.15) is 4.88 Å². The highest BCUT2D eigenvalue weighted by molar-refractivity contribution is 7.16. The number of aromatic nitrogens is 1. The van der Waals surface area contributed by atoms with E-state index in [1.54, 1.807) is 12.1 Å². The van der Waals surface area contributed by atoms with Gasteiger partial charge in [0, 0.05) is 45.1 Å². The van der Waals surface area contributed by atoms with Crippen LogP contribution in [0, 0.1) is 0 Å².